The van der Waals surface area contributed by atoms with E-state index >= 15 is 0 Å². The van der Waals surface area contributed by atoms with Gasteiger partial charge in [-0.05, 0) is 24.0 Å². The van der Waals surface area contributed by atoms with Crippen LogP contribution in [-0.4, -0.2) is 37.2 Å². The Kier molecular flexibility index (Phi) is 2.90. The minimum Gasteiger partial charge on any atom is -0.380 e. The molecule has 2 N–H and O–H groups in total. The van der Waals surface area contributed by atoms with E-state index in [1.165, 1.54) is 11.1 Å². The molecule has 0 spiro atoms. The van der Waals surface area contributed by atoms with Crippen LogP contribution in [0.4, 0.5) is 0 Å². The molecule has 3 nitrogen and oxygen atoms in total. The summed E-state index contributed by atoms with van der Waals surface area (Å²) in [6.45, 7) is 2.15. The third-order valence-corrected chi connectivity index (χ3v) is 4.24. The van der Waals surface area contributed by atoms with E-state index in [0.29, 0.717) is 12.1 Å². The van der Waals surface area contributed by atoms with Gasteiger partial charge in [-0.15, -0.1) is 0 Å². The van der Waals surface area contributed by atoms with Crippen LogP contribution in [0.2, 0.25) is 0 Å². The lowest BCUT2D eigenvalue weighted by Crippen LogP contribution is -2.40. The van der Waals surface area contributed by atoms with E-state index in [0.717, 1.165) is 25.9 Å². The van der Waals surface area contributed by atoms with Crippen molar-refractivity contribution in [2.24, 2.45) is 5.73 Å². The monoisotopic (exact) mass is 232 g/mol. The molecule has 92 valence electrons. The summed E-state index contributed by atoms with van der Waals surface area (Å²) in [5.74, 6) is 0. The summed E-state index contributed by atoms with van der Waals surface area (Å²) in [6.07, 6.45) is 2.62. The molecule has 0 saturated carbocycles. The van der Waals surface area contributed by atoms with Gasteiger partial charge < -0.3 is 10.5 Å². The van der Waals surface area contributed by atoms with Crippen LogP contribution < -0.4 is 5.73 Å². The van der Waals surface area contributed by atoms with Gasteiger partial charge in [0.15, 0.2) is 0 Å². The molecule has 0 aromatic heterocycles. The number of likely N-dealkylation sites (tertiary alicyclic amines) is 1. The minimum atomic E-state index is 0.168. The first-order chi connectivity index (χ1) is 8.29. The number of ether oxygens (including phenoxy) is 1. The van der Waals surface area contributed by atoms with Crippen molar-refractivity contribution in [1.82, 2.24) is 4.90 Å². The standard InChI is InChI=1S/C14H20N2O/c1-17-11-6-7-16(9-11)13-8-10-4-2-3-5-12(10)14(13)15/h2-5,11,13-14H,6-9,15H2,1H3. The van der Waals surface area contributed by atoms with Crippen molar-refractivity contribution in [3.8, 4) is 0 Å². The molecule has 0 amide bonds. The first kappa shape index (κ1) is 11.2. The third kappa shape index (κ3) is 1.88. The highest BCUT2D eigenvalue weighted by Crippen LogP contribution is 2.34. The molecular weight excluding hydrogens is 212 g/mol. The fourth-order valence-electron chi connectivity index (χ4n) is 3.21. The molecule has 3 rings (SSSR count). The van der Waals surface area contributed by atoms with Gasteiger partial charge in [0, 0.05) is 32.3 Å². The average molecular weight is 232 g/mol. The Labute approximate surface area is 103 Å². The Morgan fingerprint density at radius 3 is 2.88 bits per heavy atom. The van der Waals surface area contributed by atoms with Gasteiger partial charge in [-0.2, -0.15) is 0 Å². The fourth-order valence-corrected chi connectivity index (χ4v) is 3.21. The predicted molar refractivity (Wildman–Crippen MR) is 67.8 cm³/mol. The number of fused-ring (bicyclic) bond motifs is 1. The largest absolute Gasteiger partial charge is 0.380 e. The Bertz CT molecular complexity index is 407. The molecule has 1 aromatic carbocycles. The van der Waals surface area contributed by atoms with Crippen LogP contribution >= 0.6 is 0 Å². The van der Waals surface area contributed by atoms with Crippen molar-refractivity contribution in [2.75, 3.05) is 20.2 Å². The molecule has 1 aliphatic carbocycles. The summed E-state index contributed by atoms with van der Waals surface area (Å²) >= 11 is 0. The molecule has 17 heavy (non-hydrogen) atoms. The van der Waals surface area contributed by atoms with Crippen molar-refractivity contribution in [2.45, 2.75) is 31.0 Å². The van der Waals surface area contributed by atoms with Crippen LogP contribution in [-0.2, 0) is 11.2 Å². The van der Waals surface area contributed by atoms with Gasteiger partial charge in [-0.1, -0.05) is 24.3 Å². The molecule has 1 saturated heterocycles. The van der Waals surface area contributed by atoms with Gasteiger partial charge in [0.1, 0.15) is 0 Å². The van der Waals surface area contributed by atoms with Crippen LogP contribution in [0.1, 0.15) is 23.6 Å². The van der Waals surface area contributed by atoms with E-state index in [1.807, 2.05) is 0 Å². The van der Waals surface area contributed by atoms with Gasteiger partial charge in [-0.25, -0.2) is 0 Å². The molecule has 2 aliphatic rings. The highest BCUT2D eigenvalue weighted by atomic mass is 16.5. The first-order valence-electron chi connectivity index (χ1n) is 6.40. The minimum absolute atomic E-state index is 0.168. The smallest absolute Gasteiger partial charge is 0.0710 e. The van der Waals surface area contributed by atoms with Crippen molar-refractivity contribution < 1.29 is 4.74 Å². The van der Waals surface area contributed by atoms with Crippen LogP contribution in [0.5, 0.6) is 0 Å². The molecule has 0 bridgehead atoms. The summed E-state index contributed by atoms with van der Waals surface area (Å²) in [5, 5.41) is 0. The van der Waals surface area contributed by atoms with Gasteiger partial charge in [0.25, 0.3) is 0 Å². The maximum absolute atomic E-state index is 6.37. The topological polar surface area (TPSA) is 38.5 Å². The summed E-state index contributed by atoms with van der Waals surface area (Å²) in [7, 11) is 1.80. The van der Waals surface area contributed by atoms with Crippen molar-refractivity contribution in [3.05, 3.63) is 35.4 Å². The van der Waals surface area contributed by atoms with Gasteiger partial charge in [0.2, 0.25) is 0 Å². The molecule has 1 aromatic rings. The second kappa shape index (κ2) is 4.41. The second-order valence-corrected chi connectivity index (χ2v) is 5.14. The quantitative estimate of drug-likeness (QED) is 0.836. The molecule has 3 unspecified atom stereocenters. The maximum Gasteiger partial charge on any atom is 0.0710 e. The molecule has 3 heteroatoms. The second-order valence-electron chi connectivity index (χ2n) is 5.14. The number of benzene rings is 1. The predicted octanol–water partition coefficient (Wildman–Crippen LogP) is 1.33. The zero-order valence-electron chi connectivity index (χ0n) is 10.3. The molecule has 3 atom stereocenters. The van der Waals surface area contributed by atoms with E-state index in [1.54, 1.807) is 7.11 Å². The van der Waals surface area contributed by atoms with Crippen molar-refractivity contribution >= 4 is 0 Å². The van der Waals surface area contributed by atoms with Crippen LogP contribution in [0.15, 0.2) is 24.3 Å². The van der Waals surface area contributed by atoms with Crippen LogP contribution in [0.25, 0.3) is 0 Å². The van der Waals surface area contributed by atoms with Gasteiger partial charge >= 0.3 is 0 Å². The van der Waals surface area contributed by atoms with Crippen LogP contribution in [0.3, 0.4) is 0 Å². The van der Waals surface area contributed by atoms with E-state index in [9.17, 15) is 0 Å². The number of nitrogens with zero attached hydrogens (tertiary/aromatic N) is 1. The lowest BCUT2D eigenvalue weighted by molar-refractivity contribution is 0.0989. The number of hydrogen-bond acceptors (Lipinski definition) is 3. The van der Waals surface area contributed by atoms with E-state index < -0.39 is 0 Å². The van der Waals surface area contributed by atoms with E-state index in [-0.39, 0.29) is 6.04 Å². The highest BCUT2D eigenvalue weighted by molar-refractivity contribution is 5.37. The highest BCUT2D eigenvalue weighted by Gasteiger charge is 2.37. The fraction of sp³-hybridized carbons (Fsp3) is 0.571. The molecule has 0 radical (unpaired) electrons. The summed E-state index contributed by atoms with van der Waals surface area (Å²) in [6, 6.07) is 9.20. The van der Waals surface area contributed by atoms with Gasteiger partial charge in [-0.3, -0.25) is 4.90 Å². The lowest BCUT2D eigenvalue weighted by Gasteiger charge is -2.27. The summed E-state index contributed by atoms with van der Waals surface area (Å²) < 4.78 is 5.43. The van der Waals surface area contributed by atoms with Crippen LogP contribution in [0, 0.1) is 0 Å². The Balaban J connectivity index is 1.76. The van der Waals surface area contributed by atoms with Crippen molar-refractivity contribution in [3.63, 3.8) is 0 Å². The van der Waals surface area contributed by atoms with Gasteiger partial charge in [0.05, 0.1) is 6.10 Å². The lowest BCUT2D eigenvalue weighted by atomic mass is 10.1. The number of methoxy groups -OCH3 is 1. The molecule has 1 fully saturated rings. The maximum atomic E-state index is 6.37. The number of nitrogens with two attached hydrogens (primary N) is 1. The third-order valence-electron chi connectivity index (χ3n) is 4.24. The molecule has 1 aliphatic heterocycles. The SMILES string of the molecule is COC1CCN(C2Cc3ccccc3C2N)C1. The first-order valence-corrected chi connectivity index (χ1v) is 6.40. The zero-order valence-corrected chi connectivity index (χ0v) is 10.3. The van der Waals surface area contributed by atoms with Crippen molar-refractivity contribution in [1.29, 1.82) is 0 Å². The number of rotatable bonds is 2. The molecular formula is C14H20N2O. The molecule has 1 heterocycles. The normalized spacial score (nSPS) is 32.9. The number of hydrogen-bond donors (Lipinski definition) is 1. The van der Waals surface area contributed by atoms with E-state index in [2.05, 4.69) is 29.2 Å². The summed E-state index contributed by atoms with van der Waals surface area (Å²) in [5.41, 5.74) is 9.13. The summed E-state index contributed by atoms with van der Waals surface area (Å²) in [4.78, 5) is 2.50. The Morgan fingerprint density at radius 2 is 2.18 bits per heavy atom. The van der Waals surface area contributed by atoms with E-state index in [4.69, 9.17) is 10.5 Å². The Morgan fingerprint density at radius 1 is 1.35 bits per heavy atom. The Hall–Kier alpha value is -0.900. The zero-order chi connectivity index (χ0) is 11.8. The average Bonchev–Trinajstić information content (AvgIpc) is 2.95.